The largest absolute Gasteiger partial charge is 0.478 e. The van der Waals surface area contributed by atoms with E-state index in [1.807, 2.05) is 25.2 Å². The highest BCUT2D eigenvalue weighted by Gasteiger charge is 2.42. The summed E-state index contributed by atoms with van der Waals surface area (Å²) in [5, 5.41) is 7.99. The van der Waals surface area contributed by atoms with Crippen molar-refractivity contribution >= 4 is 69.4 Å². The third-order valence-corrected chi connectivity index (χ3v) is 20.2. The third kappa shape index (κ3) is 18.3. The number of fused-ring (bicyclic) bond motifs is 3. The van der Waals surface area contributed by atoms with Crippen LogP contribution in [-0.2, 0) is 32.7 Å². The number of piperidine rings is 2. The SMILES string of the molecule is C=CC(=O)N1CCCC[C@H]1c1nc(-c2ccc(C(=O)Nc3cc(C)ccn3)cc2)c2c(C(F)(F)F)nccn12.CC#CC(=O)N1CCCC[C@H]1c1nc(-c2ccc(C(=O)Nc3cc(C)ccn3)cc2)c2c(C(F)(F)F)nccn12.CC#CC(=O)N1CCC[C@H]1c1nc(-c2ccc(C(=O)Nc3cc(C(C)(F)F)ccn3)cc2)c2cncc(OCC)n12. The summed E-state index contributed by atoms with van der Waals surface area (Å²) in [6, 6.07) is 27.0. The van der Waals surface area contributed by atoms with Gasteiger partial charge >= 0.3 is 12.4 Å². The summed E-state index contributed by atoms with van der Waals surface area (Å²) in [5.41, 5.74) is 2.81. The molecule has 33 heteroatoms. The van der Waals surface area contributed by atoms with E-state index >= 15 is 0 Å². The Hall–Kier alpha value is -14.1. The number of nitrogens with one attached hydrogen (secondary N) is 3. The quantitative estimate of drug-likeness (QED) is 0.0460. The molecule has 12 heterocycles. The average molecular weight is 1640 g/mol. The van der Waals surface area contributed by atoms with Crippen molar-refractivity contribution in [1.29, 1.82) is 0 Å². The number of likely N-dealkylation sites (tertiary alicyclic amines) is 3. The number of hydrogen-bond acceptors (Lipinski definition) is 16. The highest BCUT2D eigenvalue weighted by atomic mass is 19.4. The zero-order valence-electron chi connectivity index (χ0n) is 65.7. The Morgan fingerprint density at radius 2 is 0.917 bits per heavy atom. The molecule has 0 aliphatic carbocycles. The fourth-order valence-corrected chi connectivity index (χ4v) is 14.7. The summed E-state index contributed by atoms with van der Waals surface area (Å²) >= 11 is 0. The van der Waals surface area contributed by atoms with Crippen molar-refractivity contribution < 1.29 is 68.6 Å². The number of hydrogen-bond donors (Lipinski definition) is 3. The molecule has 15 rings (SSSR count). The number of aryl methyl sites for hydroxylation is 2. The molecule has 120 heavy (non-hydrogen) atoms. The van der Waals surface area contributed by atoms with E-state index < -0.39 is 65.4 Å². The molecule has 12 aromatic rings. The van der Waals surface area contributed by atoms with Gasteiger partial charge in [-0.2, -0.15) is 26.3 Å². The number of carbonyl (C=O) groups excluding carboxylic acids is 6. The number of amides is 6. The second-order valence-electron chi connectivity index (χ2n) is 28.4. The van der Waals surface area contributed by atoms with E-state index in [9.17, 15) is 63.9 Å². The van der Waals surface area contributed by atoms with Crippen molar-refractivity contribution in [1.82, 2.24) is 72.8 Å². The predicted molar refractivity (Wildman–Crippen MR) is 429 cm³/mol. The minimum Gasteiger partial charge on any atom is -0.478 e. The summed E-state index contributed by atoms with van der Waals surface area (Å²) < 4.78 is 123. The van der Waals surface area contributed by atoms with Crippen LogP contribution in [0.4, 0.5) is 52.6 Å². The van der Waals surface area contributed by atoms with E-state index in [1.54, 1.807) is 126 Å². The second kappa shape index (κ2) is 35.8. The molecule has 0 bridgehead atoms. The number of halogens is 8. The Kier molecular flexibility index (Phi) is 25.0. The molecule has 614 valence electrons. The minimum absolute atomic E-state index is 0.0285. The molecule has 3 atom stereocenters. The predicted octanol–water partition coefficient (Wildman–Crippen LogP) is 16.3. The molecule has 25 nitrogen and oxygen atoms in total. The first-order valence-corrected chi connectivity index (χ1v) is 38.3. The van der Waals surface area contributed by atoms with Crippen molar-refractivity contribution in [3.8, 4) is 63.3 Å². The number of ether oxygens (including phenoxy) is 1. The van der Waals surface area contributed by atoms with Crippen molar-refractivity contribution in [2.45, 2.75) is 129 Å². The molecular formula is C87H78F8N18O7. The molecule has 6 amide bonds. The number of benzene rings is 3. The molecule has 3 N–H and O–H groups in total. The standard InChI is InChI=1S/C30H28F2N6O3.C29H25F3N6O2.C28H25F3N6O2/c1-4-7-25(39)37-15-6-8-22(37)28-36-27(23-17-33-18-26(38(23)28)41-5-2)19-9-11-20(12-10-19)29(40)35-24-16-21(13-14-34-24)30(3,31)32;1-3-6-23(39)37-15-5-4-7-21(37)27-36-24(25-26(29(30,31)32)34-14-16-38(25)27)19-8-10-20(11-9-19)28(40)35-22-17-18(2)12-13-33-22;1-3-22(38)36-14-5-4-6-20(36)26-35-23(24-25(28(29,30)31)33-13-15-37(24)26)18-7-9-19(10-8-18)27(39)34-21-16-17(2)11-12-32-21/h9-14,16-18,22H,5-6,8,15H2,1-3H3,(H,34,35,40);8-14,16-17,21H,4-5,7,15H2,1-2H3,(H,33,35,40);3,7-13,15-16,20H,1,4-6,14H2,2H3,(H,32,34,39)/t22-;21-;20-/m000/s1. The number of carbonyl (C=O) groups is 6. The molecule has 3 aromatic carbocycles. The Labute approximate surface area is 682 Å². The van der Waals surface area contributed by atoms with Gasteiger partial charge in [-0.15, -0.1) is 0 Å². The Bertz CT molecular complexity index is 6040. The van der Waals surface area contributed by atoms with Crippen LogP contribution in [0.5, 0.6) is 5.88 Å². The number of aromatic nitrogens is 12. The zero-order chi connectivity index (χ0) is 85.3. The van der Waals surface area contributed by atoms with Gasteiger partial charge in [0.2, 0.25) is 11.8 Å². The van der Waals surface area contributed by atoms with Crippen LogP contribution in [0.3, 0.4) is 0 Å². The van der Waals surface area contributed by atoms with Crippen molar-refractivity contribution in [3.05, 3.63) is 240 Å². The fraction of sp³-hybridized carbons (Fsp3) is 0.276. The van der Waals surface area contributed by atoms with Crippen molar-refractivity contribution in [2.24, 2.45) is 0 Å². The van der Waals surface area contributed by atoms with Crippen LogP contribution < -0.4 is 20.7 Å². The lowest BCUT2D eigenvalue weighted by atomic mass is 10.0. The number of alkyl halides is 8. The molecule has 3 saturated heterocycles. The van der Waals surface area contributed by atoms with E-state index in [-0.39, 0.29) is 51.7 Å². The van der Waals surface area contributed by atoms with Gasteiger partial charge in [0.25, 0.3) is 35.5 Å². The zero-order valence-corrected chi connectivity index (χ0v) is 65.7. The summed E-state index contributed by atoms with van der Waals surface area (Å²) in [6.07, 6.45) is 10.2. The molecule has 9 aromatic heterocycles. The van der Waals surface area contributed by atoms with E-state index in [0.29, 0.717) is 113 Å². The van der Waals surface area contributed by atoms with Gasteiger partial charge in [-0.25, -0.2) is 48.7 Å². The molecule has 3 aliphatic heterocycles. The van der Waals surface area contributed by atoms with Crippen molar-refractivity contribution in [2.75, 3.05) is 42.2 Å². The van der Waals surface area contributed by atoms with Gasteiger partial charge in [0.1, 0.15) is 46.0 Å². The van der Waals surface area contributed by atoms with Gasteiger partial charge in [0, 0.05) is 109 Å². The Morgan fingerprint density at radius 1 is 0.508 bits per heavy atom. The van der Waals surface area contributed by atoms with Crippen LogP contribution in [-0.4, -0.2) is 134 Å². The van der Waals surface area contributed by atoms with E-state index in [2.05, 4.69) is 86.1 Å². The Balaban J connectivity index is 0.000000156. The molecule has 0 saturated carbocycles. The number of rotatable bonds is 16. The number of pyridine rings is 3. The topological polar surface area (TPSA) is 287 Å². The van der Waals surface area contributed by atoms with Crippen LogP contribution in [0, 0.1) is 37.5 Å². The van der Waals surface area contributed by atoms with Crippen LogP contribution in [0.15, 0.2) is 178 Å². The number of nitrogens with zero attached hydrogens (tertiary/aromatic N) is 15. The maximum absolute atomic E-state index is 14.1. The maximum Gasteiger partial charge on any atom is 0.435 e. The molecule has 0 spiro atoms. The highest BCUT2D eigenvalue weighted by Crippen LogP contribution is 2.44. The van der Waals surface area contributed by atoms with Gasteiger partial charge in [0.05, 0.1) is 59.7 Å². The number of anilines is 3. The molecule has 0 radical (unpaired) electrons. The number of imidazole rings is 3. The first-order valence-electron chi connectivity index (χ1n) is 38.3. The lowest BCUT2D eigenvalue weighted by Crippen LogP contribution is -2.38. The van der Waals surface area contributed by atoms with E-state index in [0.717, 1.165) is 80.6 Å². The summed E-state index contributed by atoms with van der Waals surface area (Å²) in [4.78, 5) is 119. The molecule has 3 aliphatic rings. The van der Waals surface area contributed by atoms with Crippen LogP contribution in [0.1, 0.15) is 174 Å². The lowest BCUT2D eigenvalue weighted by molar-refractivity contribution is -0.140. The van der Waals surface area contributed by atoms with Crippen LogP contribution in [0.2, 0.25) is 0 Å². The van der Waals surface area contributed by atoms with E-state index in [1.165, 1.54) is 63.8 Å². The summed E-state index contributed by atoms with van der Waals surface area (Å²) in [6.45, 7) is 15.0. The van der Waals surface area contributed by atoms with Crippen molar-refractivity contribution in [3.63, 3.8) is 0 Å². The molecule has 3 fully saturated rings. The van der Waals surface area contributed by atoms with Gasteiger partial charge in [0.15, 0.2) is 11.4 Å². The first kappa shape index (κ1) is 83.8. The normalized spacial score (nSPS) is 15.4. The van der Waals surface area contributed by atoms with Crippen LogP contribution >= 0.6 is 0 Å². The summed E-state index contributed by atoms with van der Waals surface area (Å²) in [7, 11) is 0. The van der Waals surface area contributed by atoms with E-state index in [4.69, 9.17) is 9.72 Å². The van der Waals surface area contributed by atoms with Crippen LogP contribution in [0.25, 0.3) is 50.3 Å². The van der Waals surface area contributed by atoms with Gasteiger partial charge in [-0.1, -0.05) is 54.8 Å². The van der Waals surface area contributed by atoms with Gasteiger partial charge in [-0.3, -0.25) is 47.0 Å². The average Bonchev–Trinajstić information content (AvgIpc) is 1.60. The Morgan fingerprint density at radius 3 is 1.35 bits per heavy atom. The van der Waals surface area contributed by atoms with Gasteiger partial charge in [-0.05, 0) is 188 Å². The minimum atomic E-state index is -4.75. The van der Waals surface area contributed by atoms with Gasteiger partial charge < -0.3 is 35.4 Å². The highest BCUT2D eigenvalue weighted by molar-refractivity contribution is 6.06. The molecular weight excluding hydrogens is 1560 g/mol. The summed E-state index contributed by atoms with van der Waals surface area (Å²) in [5.74, 6) is 7.71. The smallest absolute Gasteiger partial charge is 0.435 e. The molecule has 0 unspecified atom stereocenters. The maximum atomic E-state index is 14.1. The monoisotopic (exact) mass is 1640 g/mol. The fourth-order valence-electron chi connectivity index (χ4n) is 14.7. The second-order valence-corrected chi connectivity index (χ2v) is 28.4. The third-order valence-electron chi connectivity index (χ3n) is 20.2. The first-order chi connectivity index (χ1) is 57.5. The lowest BCUT2D eigenvalue weighted by Gasteiger charge is -2.34.